The van der Waals surface area contributed by atoms with E-state index in [4.69, 9.17) is 14.2 Å². The van der Waals surface area contributed by atoms with Gasteiger partial charge in [-0.05, 0) is 48.4 Å². The van der Waals surface area contributed by atoms with Gasteiger partial charge in [-0.25, -0.2) is 0 Å². The third-order valence-corrected chi connectivity index (χ3v) is 4.08. The molecule has 0 fully saturated rings. The van der Waals surface area contributed by atoms with Crippen molar-refractivity contribution in [2.24, 2.45) is 0 Å². The zero-order chi connectivity index (χ0) is 22.6. The first-order valence-electron chi connectivity index (χ1n) is 9.50. The fourth-order valence-electron chi connectivity index (χ4n) is 2.55. The highest BCUT2D eigenvalue weighted by atomic mass is 16.6. The lowest BCUT2D eigenvalue weighted by molar-refractivity contribution is -0.384. The normalized spacial score (nSPS) is 10.8. The number of nitrogens with one attached hydrogen (secondary N) is 1. The smallest absolute Gasteiger partial charge is 0.269 e. The molecule has 0 unspecified atom stereocenters. The number of non-ortho nitro benzene ring substituents is 1. The minimum absolute atomic E-state index is 0.00875. The average molecular weight is 425 g/mol. The molecular formula is C22H23N3O6. The molecule has 1 N–H and O–H groups in total. The summed E-state index contributed by atoms with van der Waals surface area (Å²) in [4.78, 5) is 22.4. The monoisotopic (exact) mass is 425 g/mol. The quantitative estimate of drug-likeness (QED) is 0.193. The highest BCUT2D eigenvalue weighted by molar-refractivity contribution is 6.01. The van der Waals surface area contributed by atoms with Crippen molar-refractivity contribution in [3.63, 3.8) is 0 Å². The summed E-state index contributed by atoms with van der Waals surface area (Å²) in [5.74, 6) is 0.437. The number of nitriles is 1. The van der Waals surface area contributed by atoms with Crippen LogP contribution in [0.15, 0.2) is 48.0 Å². The number of benzene rings is 2. The van der Waals surface area contributed by atoms with Crippen molar-refractivity contribution in [3.8, 4) is 17.6 Å². The van der Waals surface area contributed by atoms with Crippen molar-refractivity contribution >= 4 is 17.7 Å². The minimum Gasteiger partial charge on any atom is -0.490 e. The Bertz CT molecular complexity index is 980. The van der Waals surface area contributed by atoms with Crippen LogP contribution in [0.2, 0.25) is 0 Å². The topological polar surface area (TPSA) is 124 Å². The minimum atomic E-state index is -0.490. The van der Waals surface area contributed by atoms with Crippen LogP contribution in [0.4, 0.5) is 5.69 Å². The van der Waals surface area contributed by atoms with Gasteiger partial charge >= 0.3 is 0 Å². The molecule has 0 aliphatic heterocycles. The van der Waals surface area contributed by atoms with Crippen LogP contribution in [0.5, 0.6) is 11.5 Å². The van der Waals surface area contributed by atoms with Crippen molar-refractivity contribution in [1.29, 1.82) is 5.26 Å². The molecule has 2 rings (SSSR count). The summed E-state index contributed by atoms with van der Waals surface area (Å²) in [6.07, 6.45) is 1.46. The van der Waals surface area contributed by atoms with Gasteiger partial charge in [-0.3, -0.25) is 14.9 Å². The van der Waals surface area contributed by atoms with Gasteiger partial charge in [-0.15, -0.1) is 0 Å². The maximum atomic E-state index is 12.1. The molecule has 9 heteroatoms. The molecule has 0 saturated carbocycles. The maximum Gasteiger partial charge on any atom is 0.269 e. The molecule has 162 valence electrons. The molecule has 0 heterocycles. The molecule has 31 heavy (non-hydrogen) atoms. The Morgan fingerprint density at radius 2 is 1.94 bits per heavy atom. The standard InChI is InChI=1S/C22H23N3O6/c1-3-30-21-13-17(12-18(14-23)22(26)24-10-11-29-2)6-9-20(21)31-15-16-4-7-19(8-5-16)25(27)28/h4-9,12-13H,3,10-11,15H2,1-2H3,(H,24,26)/b18-12+. The first kappa shape index (κ1) is 23.4. The molecule has 0 spiro atoms. The van der Waals surface area contributed by atoms with Crippen LogP contribution in [0.1, 0.15) is 18.1 Å². The Balaban J connectivity index is 2.15. The van der Waals surface area contributed by atoms with Gasteiger partial charge in [0.25, 0.3) is 11.6 Å². The average Bonchev–Trinajstić information content (AvgIpc) is 2.77. The molecule has 9 nitrogen and oxygen atoms in total. The number of methoxy groups -OCH3 is 1. The molecular weight excluding hydrogens is 402 g/mol. The Hall–Kier alpha value is -3.90. The summed E-state index contributed by atoms with van der Waals surface area (Å²) in [5, 5.41) is 22.6. The first-order chi connectivity index (χ1) is 15.0. The van der Waals surface area contributed by atoms with E-state index in [1.807, 2.05) is 13.0 Å². The summed E-state index contributed by atoms with van der Waals surface area (Å²) in [5.41, 5.74) is 1.33. The predicted octanol–water partition coefficient (Wildman–Crippen LogP) is 3.24. The van der Waals surface area contributed by atoms with Gasteiger partial charge in [0.15, 0.2) is 11.5 Å². The highest BCUT2D eigenvalue weighted by Crippen LogP contribution is 2.30. The number of carbonyl (C=O) groups is 1. The van der Waals surface area contributed by atoms with Crippen LogP contribution in [-0.4, -0.2) is 37.7 Å². The summed E-state index contributed by atoms with van der Waals surface area (Å²) >= 11 is 0. The van der Waals surface area contributed by atoms with Crippen LogP contribution in [0, 0.1) is 21.4 Å². The fraction of sp³-hybridized carbons (Fsp3) is 0.273. The van der Waals surface area contributed by atoms with E-state index in [-0.39, 0.29) is 17.9 Å². The molecule has 0 aliphatic rings. The number of hydrogen-bond donors (Lipinski definition) is 1. The molecule has 0 bridgehead atoms. The van der Waals surface area contributed by atoms with Crippen LogP contribution >= 0.6 is 0 Å². The van der Waals surface area contributed by atoms with Crippen LogP contribution < -0.4 is 14.8 Å². The van der Waals surface area contributed by atoms with E-state index < -0.39 is 10.8 Å². The van der Waals surface area contributed by atoms with Gasteiger partial charge < -0.3 is 19.5 Å². The van der Waals surface area contributed by atoms with Crippen molar-refractivity contribution in [2.75, 3.05) is 26.9 Å². The van der Waals surface area contributed by atoms with E-state index in [0.717, 1.165) is 5.56 Å². The Morgan fingerprint density at radius 3 is 2.55 bits per heavy atom. The largest absolute Gasteiger partial charge is 0.490 e. The number of carbonyl (C=O) groups excluding carboxylic acids is 1. The van der Waals surface area contributed by atoms with E-state index in [1.54, 1.807) is 30.3 Å². The zero-order valence-corrected chi connectivity index (χ0v) is 17.3. The Kier molecular flexibility index (Phi) is 9.01. The van der Waals surface area contributed by atoms with Gasteiger partial charge in [0, 0.05) is 25.8 Å². The second-order valence-electron chi connectivity index (χ2n) is 6.27. The highest BCUT2D eigenvalue weighted by Gasteiger charge is 2.11. The third-order valence-electron chi connectivity index (χ3n) is 4.08. The molecule has 2 aromatic carbocycles. The van der Waals surface area contributed by atoms with E-state index in [1.165, 1.54) is 25.3 Å². The summed E-state index contributed by atoms with van der Waals surface area (Å²) < 4.78 is 16.3. The molecule has 0 atom stereocenters. The maximum absolute atomic E-state index is 12.1. The van der Waals surface area contributed by atoms with E-state index >= 15 is 0 Å². The van der Waals surface area contributed by atoms with Gasteiger partial charge in [0.1, 0.15) is 18.2 Å². The van der Waals surface area contributed by atoms with Crippen LogP contribution in [0.25, 0.3) is 6.08 Å². The second kappa shape index (κ2) is 11.9. The number of rotatable bonds is 11. The zero-order valence-electron chi connectivity index (χ0n) is 17.3. The molecule has 1 amide bonds. The molecule has 0 aromatic heterocycles. The number of ether oxygens (including phenoxy) is 3. The van der Waals surface area contributed by atoms with Gasteiger partial charge in [-0.2, -0.15) is 5.26 Å². The number of amides is 1. The van der Waals surface area contributed by atoms with Gasteiger partial charge in [0.05, 0.1) is 18.1 Å². The molecule has 0 saturated heterocycles. The summed E-state index contributed by atoms with van der Waals surface area (Å²) in [7, 11) is 1.52. The van der Waals surface area contributed by atoms with Crippen molar-refractivity contribution in [1.82, 2.24) is 5.32 Å². The third kappa shape index (κ3) is 7.13. The summed E-state index contributed by atoms with van der Waals surface area (Å²) in [6.45, 7) is 3.06. The number of nitro groups is 1. The van der Waals surface area contributed by atoms with Crippen LogP contribution in [-0.2, 0) is 16.1 Å². The van der Waals surface area contributed by atoms with Crippen molar-refractivity contribution < 1.29 is 23.9 Å². The predicted molar refractivity (Wildman–Crippen MR) is 114 cm³/mol. The number of hydrogen-bond acceptors (Lipinski definition) is 7. The number of nitrogens with zero attached hydrogens (tertiary/aromatic N) is 2. The molecule has 0 aliphatic carbocycles. The second-order valence-corrected chi connectivity index (χ2v) is 6.27. The van der Waals surface area contributed by atoms with Gasteiger partial charge in [0.2, 0.25) is 0 Å². The molecule has 0 radical (unpaired) electrons. The van der Waals surface area contributed by atoms with E-state index in [9.17, 15) is 20.2 Å². The lowest BCUT2D eigenvalue weighted by Gasteiger charge is -2.13. The summed E-state index contributed by atoms with van der Waals surface area (Å²) in [6, 6.07) is 13.0. The lowest BCUT2D eigenvalue weighted by atomic mass is 10.1. The fourth-order valence-corrected chi connectivity index (χ4v) is 2.55. The van der Waals surface area contributed by atoms with Crippen molar-refractivity contribution in [3.05, 3.63) is 69.3 Å². The lowest BCUT2D eigenvalue weighted by Crippen LogP contribution is -2.27. The van der Waals surface area contributed by atoms with E-state index in [0.29, 0.717) is 36.8 Å². The Labute approximate surface area is 180 Å². The molecule has 2 aromatic rings. The first-order valence-corrected chi connectivity index (χ1v) is 9.50. The van der Waals surface area contributed by atoms with Crippen LogP contribution in [0.3, 0.4) is 0 Å². The van der Waals surface area contributed by atoms with Crippen molar-refractivity contribution in [2.45, 2.75) is 13.5 Å². The number of nitro benzene ring substituents is 1. The van der Waals surface area contributed by atoms with E-state index in [2.05, 4.69) is 5.32 Å². The van der Waals surface area contributed by atoms with Gasteiger partial charge in [-0.1, -0.05) is 6.07 Å². The Morgan fingerprint density at radius 1 is 1.19 bits per heavy atom. The SMILES string of the molecule is CCOc1cc(/C=C(\C#N)C(=O)NCCOC)ccc1OCc1ccc([N+](=O)[O-])cc1.